The Morgan fingerprint density at radius 2 is 1.75 bits per heavy atom. The lowest BCUT2D eigenvalue weighted by atomic mass is 9.95. The maximum Gasteiger partial charge on any atom is 0.416 e. The summed E-state index contributed by atoms with van der Waals surface area (Å²) in [6.07, 6.45) is -2.01. The van der Waals surface area contributed by atoms with Gasteiger partial charge in [-0.05, 0) is 50.1 Å². The molecule has 0 spiro atoms. The van der Waals surface area contributed by atoms with Gasteiger partial charge in [0.15, 0.2) is 0 Å². The predicted molar refractivity (Wildman–Crippen MR) is 118 cm³/mol. The van der Waals surface area contributed by atoms with Crippen molar-refractivity contribution in [2.45, 2.75) is 39.4 Å². The van der Waals surface area contributed by atoms with E-state index in [4.69, 9.17) is 11.6 Å². The lowest BCUT2D eigenvalue weighted by Gasteiger charge is -2.21. The maximum absolute atomic E-state index is 14.0. The third-order valence-corrected chi connectivity index (χ3v) is 4.77. The van der Waals surface area contributed by atoms with Crippen molar-refractivity contribution in [1.29, 1.82) is 0 Å². The molecular weight excluding hydrogens is 444 g/mol. The Bertz CT molecular complexity index is 1030. The van der Waals surface area contributed by atoms with Gasteiger partial charge in [-0.3, -0.25) is 9.78 Å². The van der Waals surface area contributed by atoms with Crippen LogP contribution in [0, 0.1) is 6.92 Å². The van der Waals surface area contributed by atoms with Gasteiger partial charge in [-0.15, -0.1) is 0 Å². The van der Waals surface area contributed by atoms with Gasteiger partial charge in [-0.1, -0.05) is 53.1 Å². The number of carbonyl (C=O) groups is 1. The molecule has 1 aliphatic carbocycles. The fourth-order valence-electron chi connectivity index (χ4n) is 3.09. The van der Waals surface area contributed by atoms with Gasteiger partial charge < -0.3 is 5.32 Å². The molecule has 0 aliphatic heterocycles. The highest BCUT2D eigenvalue weighted by atomic mass is 35.5. The third-order valence-electron chi connectivity index (χ3n) is 4.54. The van der Waals surface area contributed by atoms with Gasteiger partial charge in [0.05, 0.1) is 22.3 Å². The van der Waals surface area contributed by atoms with E-state index in [2.05, 4.69) is 29.4 Å². The van der Waals surface area contributed by atoms with Gasteiger partial charge in [0.1, 0.15) is 5.83 Å². The summed E-state index contributed by atoms with van der Waals surface area (Å²) >= 11 is 5.78. The summed E-state index contributed by atoms with van der Waals surface area (Å²) in [5.74, 6) is -1.46. The molecule has 0 bridgehead atoms. The summed E-state index contributed by atoms with van der Waals surface area (Å²) in [5, 5.41) is 2.96. The van der Waals surface area contributed by atoms with Crippen molar-refractivity contribution >= 4 is 17.5 Å². The van der Waals surface area contributed by atoms with E-state index in [1.54, 1.807) is 0 Å². The fourth-order valence-corrected chi connectivity index (χ4v) is 3.21. The van der Waals surface area contributed by atoms with Crippen LogP contribution in [0.1, 0.15) is 37.6 Å². The van der Waals surface area contributed by atoms with E-state index in [0.717, 1.165) is 6.08 Å². The zero-order valence-corrected chi connectivity index (χ0v) is 18.6. The monoisotopic (exact) mass is 466 g/mol. The summed E-state index contributed by atoms with van der Waals surface area (Å²) in [7, 11) is 0. The molecule has 0 radical (unpaired) electrons. The Balaban J connectivity index is 0.000000439. The minimum absolute atomic E-state index is 0.0456. The topological polar surface area (TPSA) is 42.0 Å². The molecule has 2 aromatic rings. The van der Waals surface area contributed by atoms with Crippen molar-refractivity contribution in [2.24, 2.45) is 0 Å². The number of hydrogen-bond donors (Lipinski definition) is 1. The van der Waals surface area contributed by atoms with Gasteiger partial charge in [-0.2, -0.15) is 13.2 Å². The number of halogens is 5. The van der Waals surface area contributed by atoms with Gasteiger partial charge in [0, 0.05) is 13.1 Å². The Kier molecular flexibility index (Phi) is 8.78. The number of allylic oxidation sites excluding steroid dienone is 5. The summed E-state index contributed by atoms with van der Waals surface area (Å²) in [6, 6.07) is 12.5. The summed E-state index contributed by atoms with van der Waals surface area (Å²) in [5.41, 5.74) is 0.859. The second kappa shape index (κ2) is 11.1. The standard InChI is InChI=1S/C17H15ClF4N2O.C7H8/c1-9-5-11(6-13(19)7-14(9)17(20,21)22)16(24-10(2)25)15-4-3-12(18)8-23-15;1-7-5-3-2-4-6-7/h3-4,6-8,16H,5H2,1-2H3,(H,24,25);2-6H,1H3/t16-;/m0./s1. The Morgan fingerprint density at radius 1 is 1.09 bits per heavy atom. The normalized spacial score (nSPS) is 15.0. The number of aromatic nitrogens is 1. The first kappa shape index (κ1) is 25.3. The van der Waals surface area contributed by atoms with Crippen LogP contribution in [0.2, 0.25) is 5.02 Å². The first-order chi connectivity index (χ1) is 15.0. The molecule has 1 aromatic carbocycles. The number of nitrogens with one attached hydrogen (secondary N) is 1. The SMILES string of the molecule is CC(=O)N[C@@H](C1=CC(F)=CC(C(F)(F)F)=C(C)C1)c1ccc(Cl)cn1.Cc1ccccc1. The second-order valence-corrected chi connectivity index (χ2v) is 7.74. The number of amides is 1. The van der Waals surface area contributed by atoms with Crippen LogP contribution >= 0.6 is 11.6 Å². The molecular formula is C24H23ClF4N2O. The van der Waals surface area contributed by atoms with Gasteiger partial charge >= 0.3 is 6.18 Å². The molecule has 8 heteroatoms. The number of nitrogens with zero attached hydrogens (tertiary/aromatic N) is 1. The molecule has 1 atom stereocenters. The van der Waals surface area contributed by atoms with E-state index >= 15 is 0 Å². The number of pyridine rings is 1. The van der Waals surface area contributed by atoms with Gasteiger partial charge in [-0.25, -0.2) is 4.39 Å². The van der Waals surface area contributed by atoms with E-state index in [-0.39, 0.29) is 17.6 Å². The molecule has 0 saturated heterocycles. The van der Waals surface area contributed by atoms with Gasteiger partial charge in [0.25, 0.3) is 0 Å². The highest BCUT2D eigenvalue weighted by molar-refractivity contribution is 6.30. The smallest absolute Gasteiger partial charge is 0.344 e. The van der Waals surface area contributed by atoms with Crippen molar-refractivity contribution < 1.29 is 22.4 Å². The summed E-state index contributed by atoms with van der Waals surface area (Å²) in [6.45, 7) is 4.63. The molecule has 1 N–H and O–H groups in total. The highest BCUT2D eigenvalue weighted by Crippen LogP contribution is 2.37. The van der Waals surface area contributed by atoms with E-state index < -0.39 is 29.5 Å². The van der Waals surface area contributed by atoms with Crippen LogP contribution in [0.15, 0.2) is 83.4 Å². The molecule has 3 rings (SSSR count). The predicted octanol–water partition coefficient (Wildman–Crippen LogP) is 6.97. The van der Waals surface area contributed by atoms with E-state index in [0.29, 0.717) is 16.8 Å². The van der Waals surface area contributed by atoms with E-state index in [1.165, 1.54) is 37.7 Å². The van der Waals surface area contributed by atoms with Crippen LogP contribution in [0.3, 0.4) is 0 Å². The maximum atomic E-state index is 14.0. The second-order valence-electron chi connectivity index (χ2n) is 7.31. The lowest BCUT2D eigenvalue weighted by Crippen LogP contribution is -2.28. The van der Waals surface area contributed by atoms with Crippen LogP contribution < -0.4 is 5.32 Å². The van der Waals surface area contributed by atoms with Crippen LogP contribution in [-0.4, -0.2) is 17.1 Å². The van der Waals surface area contributed by atoms with Gasteiger partial charge in [0.2, 0.25) is 5.91 Å². The van der Waals surface area contributed by atoms with Crippen molar-refractivity contribution in [3.8, 4) is 0 Å². The van der Waals surface area contributed by atoms with Crippen LogP contribution in [0.25, 0.3) is 0 Å². The molecule has 1 aromatic heterocycles. The molecule has 170 valence electrons. The number of hydrogen-bond acceptors (Lipinski definition) is 2. The average Bonchev–Trinajstić information content (AvgIpc) is 2.86. The minimum Gasteiger partial charge on any atom is -0.344 e. The van der Waals surface area contributed by atoms with Crippen LogP contribution in [-0.2, 0) is 4.79 Å². The first-order valence-corrected chi connectivity index (χ1v) is 10.1. The Hall–Kier alpha value is -2.93. The third kappa shape index (κ3) is 7.64. The largest absolute Gasteiger partial charge is 0.416 e. The first-order valence-electron chi connectivity index (χ1n) is 9.72. The molecule has 0 saturated carbocycles. The zero-order chi connectivity index (χ0) is 23.9. The molecule has 1 aliphatic rings. The van der Waals surface area contributed by atoms with Crippen molar-refractivity contribution in [3.05, 3.63) is 99.6 Å². The molecule has 32 heavy (non-hydrogen) atoms. The zero-order valence-electron chi connectivity index (χ0n) is 17.8. The number of carbonyl (C=O) groups excluding carboxylic acids is 1. The minimum atomic E-state index is -4.66. The molecule has 1 amide bonds. The molecule has 0 unspecified atom stereocenters. The number of aryl methyl sites for hydroxylation is 1. The average molecular weight is 467 g/mol. The lowest BCUT2D eigenvalue weighted by molar-refractivity contribution is -0.119. The fraction of sp³-hybridized carbons (Fsp3) is 0.250. The van der Waals surface area contributed by atoms with Crippen LogP contribution in [0.4, 0.5) is 17.6 Å². The summed E-state index contributed by atoms with van der Waals surface area (Å²) in [4.78, 5) is 15.6. The Labute approximate surface area is 189 Å². The number of alkyl halides is 3. The van der Waals surface area contributed by atoms with E-state index in [9.17, 15) is 22.4 Å². The highest BCUT2D eigenvalue weighted by Gasteiger charge is 2.35. The van der Waals surface area contributed by atoms with Crippen molar-refractivity contribution in [1.82, 2.24) is 10.3 Å². The Morgan fingerprint density at radius 3 is 2.22 bits per heavy atom. The molecule has 1 heterocycles. The van der Waals surface area contributed by atoms with Crippen molar-refractivity contribution in [3.63, 3.8) is 0 Å². The number of benzene rings is 1. The quantitative estimate of drug-likeness (QED) is 0.496. The number of rotatable bonds is 3. The van der Waals surface area contributed by atoms with Crippen molar-refractivity contribution in [2.75, 3.05) is 0 Å². The summed E-state index contributed by atoms with van der Waals surface area (Å²) < 4.78 is 53.2. The van der Waals surface area contributed by atoms with E-state index in [1.807, 2.05) is 18.2 Å². The van der Waals surface area contributed by atoms with Crippen LogP contribution in [0.5, 0.6) is 0 Å². The molecule has 3 nitrogen and oxygen atoms in total. The molecule has 0 fully saturated rings.